The van der Waals surface area contributed by atoms with Crippen LogP contribution < -0.4 is 14.5 Å². The maximum Gasteiger partial charge on any atom is 0.228 e. The molecule has 0 amide bonds. The fraction of sp³-hybridized carbons (Fsp3) is 0.312. The summed E-state index contributed by atoms with van der Waals surface area (Å²) in [6.07, 6.45) is 1.69. The number of anilines is 2. The predicted octanol–water partition coefficient (Wildman–Crippen LogP) is 2.34. The number of rotatable bonds is 3. The lowest BCUT2D eigenvalue weighted by atomic mass is 10.1. The summed E-state index contributed by atoms with van der Waals surface area (Å²) in [7, 11) is 1.59. The molecular formula is C16H16ClN5O. The molecule has 23 heavy (non-hydrogen) atoms. The van der Waals surface area contributed by atoms with E-state index in [0.717, 1.165) is 31.9 Å². The maximum absolute atomic E-state index is 9.28. The second-order valence-corrected chi connectivity index (χ2v) is 5.58. The first-order chi connectivity index (χ1) is 11.2. The van der Waals surface area contributed by atoms with Crippen molar-refractivity contribution in [2.24, 2.45) is 0 Å². The van der Waals surface area contributed by atoms with Crippen LogP contribution in [-0.2, 0) is 0 Å². The number of aromatic nitrogens is 2. The van der Waals surface area contributed by atoms with Crippen LogP contribution in [0.5, 0.6) is 5.88 Å². The minimum absolute atomic E-state index is 0.557. The summed E-state index contributed by atoms with van der Waals surface area (Å²) >= 11 is 5.96. The first-order valence-electron chi connectivity index (χ1n) is 7.28. The Labute approximate surface area is 139 Å². The van der Waals surface area contributed by atoms with E-state index in [1.165, 1.54) is 0 Å². The summed E-state index contributed by atoms with van der Waals surface area (Å²) in [6, 6.07) is 9.36. The van der Waals surface area contributed by atoms with Crippen LogP contribution in [0.25, 0.3) is 0 Å². The highest BCUT2D eigenvalue weighted by Gasteiger charge is 2.21. The molecule has 0 saturated carbocycles. The number of nitriles is 1. The molecule has 0 bridgehead atoms. The fourth-order valence-electron chi connectivity index (χ4n) is 2.62. The average molecular weight is 330 g/mol. The lowest BCUT2D eigenvalue weighted by Crippen LogP contribution is -2.47. The number of hydrogen-bond acceptors (Lipinski definition) is 6. The van der Waals surface area contributed by atoms with Gasteiger partial charge in [0.25, 0.3) is 0 Å². The quantitative estimate of drug-likeness (QED) is 0.861. The van der Waals surface area contributed by atoms with Gasteiger partial charge in [0.1, 0.15) is 6.07 Å². The first-order valence-corrected chi connectivity index (χ1v) is 7.65. The van der Waals surface area contributed by atoms with Gasteiger partial charge in [-0.15, -0.1) is 0 Å². The third kappa shape index (κ3) is 3.30. The third-order valence-corrected chi connectivity index (χ3v) is 4.04. The molecule has 0 unspecified atom stereocenters. The summed E-state index contributed by atoms with van der Waals surface area (Å²) in [5, 5.41) is 9.86. The molecule has 7 heteroatoms. The van der Waals surface area contributed by atoms with Crippen LogP contribution in [0.15, 0.2) is 30.5 Å². The predicted molar refractivity (Wildman–Crippen MR) is 89.2 cm³/mol. The van der Waals surface area contributed by atoms with Crippen molar-refractivity contribution in [2.75, 3.05) is 43.1 Å². The highest BCUT2D eigenvalue weighted by molar-refractivity contribution is 6.30. The molecule has 1 aliphatic heterocycles. The highest BCUT2D eigenvalue weighted by Crippen LogP contribution is 2.25. The van der Waals surface area contributed by atoms with Gasteiger partial charge in [-0.3, -0.25) is 0 Å². The SMILES string of the molecule is COc1ccnc(N2CCN(c3ccc(Cl)cc3C#N)CC2)n1. The molecule has 3 rings (SSSR count). The Kier molecular flexibility index (Phi) is 4.49. The summed E-state index contributed by atoms with van der Waals surface area (Å²) in [4.78, 5) is 13.0. The van der Waals surface area contributed by atoms with Gasteiger partial charge in [-0.05, 0) is 18.2 Å². The molecule has 0 aliphatic carbocycles. The molecule has 1 fully saturated rings. The fourth-order valence-corrected chi connectivity index (χ4v) is 2.79. The molecular weight excluding hydrogens is 314 g/mol. The van der Waals surface area contributed by atoms with E-state index in [2.05, 4.69) is 25.8 Å². The Hall–Kier alpha value is -2.52. The molecule has 0 N–H and O–H groups in total. The van der Waals surface area contributed by atoms with E-state index in [1.54, 1.807) is 25.4 Å². The smallest absolute Gasteiger partial charge is 0.228 e. The maximum atomic E-state index is 9.28. The van der Waals surface area contributed by atoms with Crippen molar-refractivity contribution in [3.05, 3.63) is 41.0 Å². The minimum Gasteiger partial charge on any atom is -0.481 e. The standard InChI is InChI=1S/C16H16ClN5O/c1-23-15-4-5-19-16(20-15)22-8-6-21(7-9-22)14-3-2-13(17)10-12(14)11-18/h2-5,10H,6-9H2,1H3. The monoisotopic (exact) mass is 329 g/mol. The number of methoxy groups -OCH3 is 1. The van der Waals surface area contributed by atoms with Crippen LogP contribution in [0.4, 0.5) is 11.6 Å². The first kappa shape index (κ1) is 15.4. The lowest BCUT2D eigenvalue weighted by Gasteiger charge is -2.36. The molecule has 1 saturated heterocycles. The van der Waals surface area contributed by atoms with Crippen LogP contribution in [0.1, 0.15) is 5.56 Å². The normalized spacial score (nSPS) is 14.5. The molecule has 0 radical (unpaired) electrons. The van der Waals surface area contributed by atoms with Crippen molar-refractivity contribution in [1.29, 1.82) is 5.26 Å². The number of benzene rings is 1. The molecule has 0 spiro atoms. The zero-order chi connectivity index (χ0) is 16.2. The summed E-state index contributed by atoms with van der Waals surface area (Å²) in [5.41, 5.74) is 1.52. The van der Waals surface area contributed by atoms with E-state index >= 15 is 0 Å². The van der Waals surface area contributed by atoms with Crippen molar-refractivity contribution in [3.63, 3.8) is 0 Å². The largest absolute Gasteiger partial charge is 0.481 e. The van der Waals surface area contributed by atoms with Crippen LogP contribution in [-0.4, -0.2) is 43.3 Å². The van der Waals surface area contributed by atoms with Crippen molar-refractivity contribution < 1.29 is 4.74 Å². The second kappa shape index (κ2) is 6.71. The second-order valence-electron chi connectivity index (χ2n) is 5.15. The average Bonchev–Trinajstić information content (AvgIpc) is 2.62. The van der Waals surface area contributed by atoms with E-state index in [-0.39, 0.29) is 0 Å². The number of halogens is 1. The Balaban J connectivity index is 1.72. The van der Waals surface area contributed by atoms with E-state index < -0.39 is 0 Å². The summed E-state index contributed by atoms with van der Waals surface area (Å²) in [5.74, 6) is 1.22. The third-order valence-electron chi connectivity index (χ3n) is 3.81. The van der Waals surface area contributed by atoms with E-state index in [1.807, 2.05) is 12.1 Å². The summed E-state index contributed by atoms with van der Waals surface area (Å²) in [6.45, 7) is 3.13. The van der Waals surface area contributed by atoms with E-state index in [9.17, 15) is 5.26 Å². The van der Waals surface area contributed by atoms with Gasteiger partial charge in [0.05, 0.1) is 18.4 Å². The van der Waals surface area contributed by atoms with Crippen LogP contribution >= 0.6 is 11.6 Å². The molecule has 1 aromatic heterocycles. The van der Waals surface area contributed by atoms with Gasteiger partial charge in [0.15, 0.2) is 0 Å². The Bertz CT molecular complexity index is 737. The van der Waals surface area contributed by atoms with Crippen LogP contribution in [0.3, 0.4) is 0 Å². The van der Waals surface area contributed by atoms with Crippen LogP contribution in [0.2, 0.25) is 5.02 Å². The van der Waals surface area contributed by atoms with Gasteiger partial charge in [-0.2, -0.15) is 10.2 Å². The topological polar surface area (TPSA) is 65.3 Å². The molecule has 2 aromatic rings. The van der Waals surface area contributed by atoms with Gasteiger partial charge in [-0.25, -0.2) is 4.98 Å². The summed E-state index contributed by atoms with van der Waals surface area (Å²) < 4.78 is 5.14. The molecule has 6 nitrogen and oxygen atoms in total. The van der Waals surface area contributed by atoms with Crippen molar-refractivity contribution in [2.45, 2.75) is 0 Å². The molecule has 1 aliphatic rings. The van der Waals surface area contributed by atoms with E-state index in [4.69, 9.17) is 16.3 Å². The highest BCUT2D eigenvalue weighted by atomic mass is 35.5. The molecule has 118 valence electrons. The molecule has 0 atom stereocenters. The Morgan fingerprint density at radius 2 is 1.91 bits per heavy atom. The lowest BCUT2D eigenvalue weighted by molar-refractivity contribution is 0.396. The molecule has 2 heterocycles. The number of ether oxygens (including phenoxy) is 1. The Morgan fingerprint density at radius 1 is 1.17 bits per heavy atom. The zero-order valence-corrected chi connectivity index (χ0v) is 13.5. The van der Waals surface area contributed by atoms with Crippen LogP contribution in [0, 0.1) is 11.3 Å². The van der Waals surface area contributed by atoms with Crippen molar-refractivity contribution in [3.8, 4) is 11.9 Å². The van der Waals surface area contributed by atoms with Gasteiger partial charge in [0.2, 0.25) is 11.8 Å². The molecule has 1 aromatic carbocycles. The zero-order valence-electron chi connectivity index (χ0n) is 12.7. The van der Waals surface area contributed by atoms with Gasteiger partial charge in [0, 0.05) is 43.5 Å². The number of piperazine rings is 1. The van der Waals surface area contributed by atoms with Gasteiger partial charge in [-0.1, -0.05) is 11.6 Å². The van der Waals surface area contributed by atoms with Gasteiger partial charge >= 0.3 is 0 Å². The minimum atomic E-state index is 0.557. The number of hydrogen-bond donors (Lipinski definition) is 0. The van der Waals surface area contributed by atoms with Crippen molar-refractivity contribution in [1.82, 2.24) is 9.97 Å². The van der Waals surface area contributed by atoms with Crippen molar-refractivity contribution >= 4 is 23.2 Å². The van der Waals surface area contributed by atoms with E-state index in [0.29, 0.717) is 22.4 Å². The van der Waals surface area contributed by atoms with Gasteiger partial charge < -0.3 is 14.5 Å². The Morgan fingerprint density at radius 3 is 2.61 bits per heavy atom. The number of nitrogens with zero attached hydrogens (tertiary/aromatic N) is 5.